The first-order valence-corrected chi connectivity index (χ1v) is 10.6. The molecule has 0 radical (unpaired) electrons. The monoisotopic (exact) mass is 407 g/mol. The van der Waals surface area contributed by atoms with Gasteiger partial charge in [-0.25, -0.2) is 0 Å². The summed E-state index contributed by atoms with van der Waals surface area (Å²) in [6.07, 6.45) is 7.60. The Hall–Kier alpha value is -2.59. The number of nitrogens with zero attached hydrogens (tertiary/aromatic N) is 1. The van der Waals surface area contributed by atoms with E-state index in [2.05, 4.69) is 46.7 Å². The maximum Gasteiger partial charge on any atom is 0.252 e. The predicted molar refractivity (Wildman–Crippen MR) is 117 cm³/mol. The number of H-pyrrole nitrogens is 1. The minimum atomic E-state index is -0.135. The molecule has 2 aromatic carbocycles. The average Bonchev–Trinajstić information content (AvgIpc) is 3.28. The van der Waals surface area contributed by atoms with E-state index in [1.807, 2.05) is 18.2 Å². The first kappa shape index (κ1) is 19.7. The minimum Gasteiger partial charge on any atom is -0.351 e. The van der Waals surface area contributed by atoms with Gasteiger partial charge in [0.2, 0.25) is 0 Å². The summed E-state index contributed by atoms with van der Waals surface area (Å²) in [5, 5.41) is 10.6. The van der Waals surface area contributed by atoms with Crippen LogP contribution in [0.3, 0.4) is 0 Å². The van der Waals surface area contributed by atoms with Gasteiger partial charge in [0, 0.05) is 23.7 Å². The smallest absolute Gasteiger partial charge is 0.252 e. The zero-order chi connectivity index (χ0) is 20.3. The quantitative estimate of drug-likeness (QED) is 0.572. The molecule has 4 rings (SSSR count). The molecule has 1 amide bonds. The van der Waals surface area contributed by atoms with Crippen molar-refractivity contribution in [2.24, 2.45) is 0 Å². The number of hydrogen-bond acceptors (Lipinski definition) is 2. The van der Waals surface area contributed by atoms with Crippen LogP contribution in [0.4, 0.5) is 0 Å². The Bertz CT molecular complexity index is 974. The molecule has 5 heteroatoms. The molecule has 29 heavy (non-hydrogen) atoms. The van der Waals surface area contributed by atoms with Crippen LogP contribution in [0.2, 0.25) is 5.02 Å². The van der Waals surface area contributed by atoms with Gasteiger partial charge < -0.3 is 5.32 Å². The fourth-order valence-electron chi connectivity index (χ4n) is 4.33. The molecular formula is C24H26ClN3O. The number of rotatable bonds is 5. The molecule has 4 nitrogen and oxygen atoms in total. The second kappa shape index (κ2) is 8.42. The van der Waals surface area contributed by atoms with E-state index in [0.29, 0.717) is 17.1 Å². The molecule has 0 bridgehead atoms. The highest BCUT2D eigenvalue weighted by Gasteiger charge is 2.34. The van der Waals surface area contributed by atoms with Crippen molar-refractivity contribution < 1.29 is 4.79 Å². The normalized spacial score (nSPS) is 15.8. The zero-order valence-electron chi connectivity index (χ0n) is 16.7. The van der Waals surface area contributed by atoms with E-state index in [1.165, 1.54) is 30.4 Å². The van der Waals surface area contributed by atoms with Crippen molar-refractivity contribution >= 4 is 17.5 Å². The lowest BCUT2D eigenvalue weighted by Gasteiger charge is -2.38. The Kier molecular flexibility index (Phi) is 5.72. The fourth-order valence-corrected chi connectivity index (χ4v) is 4.53. The van der Waals surface area contributed by atoms with Gasteiger partial charge in [-0.1, -0.05) is 66.8 Å². The molecule has 1 aliphatic rings. The highest BCUT2D eigenvalue weighted by molar-refractivity contribution is 6.34. The summed E-state index contributed by atoms with van der Waals surface area (Å²) in [4.78, 5) is 13.0. The molecule has 0 spiro atoms. The van der Waals surface area contributed by atoms with Gasteiger partial charge in [0.25, 0.3) is 5.91 Å². The largest absolute Gasteiger partial charge is 0.351 e. The molecule has 1 heterocycles. The molecule has 0 atom stereocenters. The van der Waals surface area contributed by atoms with Gasteiger partial charge in [0.05, 0.1) is 16.3 Å². The van der Waals surface area contributed by atoms with E-state index < -0.39 is 0 Å². The van der Waals surface area contributed by atoms with Crippen LogP contribution in [0.25, 0.3) is 11.3 Å². The SMILES string of the molecule is Cc1ccc(C2(CNC(=O)c3cc(-c4cc[nH]n4)ccc3Cl)CCCCC2)cc1. The van der Waals surface area contributed by atoms with Crippen molar-refractivity contribution in [2.45, 2.75) is 44.4 Å². The van der Waals surface area contributed by atoms with Crippen molar-refractivity contribution in [3.05, 3.63) is 76.4 Å². The van der Waals surface area contributed by atoms with Crippen LogP contribution >= 0.6 is 11.6 Å². The van der Waals surface area contributed by atoms with Gasteiger partial charge in [-0.05, 0) is 43.5 Å². The highest BCUT2D eigenvalue weighted by Crippen LogP contribution is 2.39. The Morgan fingerprint density at radius 2 is 1.86 bits per heavy atom. The van der Waals surface area contributed by atoms with Crippen molar-refractivity contribution in [1.29, 1.82) is 0 Å². The first-order chi connectivity index (χ1) is 14.1. The number of aromatic nitrogens is 2. The maximum absolute atomic E-state index is 13.0. The van der Waals surface area contributed by atoms with Crippen molar-refractivity contribution in [3.8, 4) is 11.3 Å². The van der Waals surface area contributed by atoms with Gasteiger partial charge in [0.15, 0.2) is 0 Å². The molecular weight excluding hydrogens is 382 g/mol. The van der Waals surface area contributed by atoms with E-state index in [4.69, 9.17) is 11.6 Å². The van der Waals surface area contributed by atoms with Crippen LogP contribution < -0.4 is 5.32 Å². The Morgan fingerprint density at radius 3 is 2.55 bits per heavy atom. The van der Waals surface area contributed by atoms with E-state index in [1.54, 1.807) is 12.3 Å². The summed E-state index contributed by atoms with van der Waals surface area (Å²) in [5.41, 5.74) is 4.71. The van der Waals surface area contributed by atoms with Gasteiger partial charge in [0.1, 0.15) is 0 Å². The molecule has 150 valence electrons. The summed E-state index contributed by atoms with van der Waals surface area (Å²) < 4.78 is 0. The fraction of sp³-hybridized carbons (Fsp3) is 0.333. The summed E-state index contributed by atoms with van der Waals surface area (Å²) in [7, 11) is 0. The Balaban J connectivity index is 1.56. The third kappa shape index (κ3) is 4.23. The van der Waals surface area contributed by atoms with Crippen molar-refractivity contribution in [3.63, 3.8) is 0 Å². The lowest BCUT2D eigenvalue weighted by Crippen LogP contribution is -2.42. The van der Waals surface area contributed by atoms with Gasteiger partial charge in [-0.15, -0.1) is 0 Å². The van der Waals surface area contributed by atoms with E-state index in [0.717, 1.165) is 24.1 Å². The topological polar surface area (TPSA) is 57.8 Å². The zero-order valence-corrected chi connectivity index (χ0v) is 17.4. The maximum atomic E-state index is 13.0. The second-order valence-corrected chi connectivity index (χ2v) is 8.45. The number of carbonyl (C=O) groups excluding carboxylic acids is 1. The number of halogens is 1. The number of aryl methyl sites for hydroxylation is 1. The number of aromatic amines is 1. The van der Waals surface area contributed by atoms with E-state index >= 15 is 0 Å². The van der Waals surface area contributed by atoms with Crippen LogP contribution in [-0.2, 0) is 5.41 Å². The molecule has 0 saturated heterocycles. The Labute approximate surface area is 176 Å². The number of hydrogen-bond donors (Lipinski definition) is 2. The highest BCUT2D eigenvalue weighted by atomic mass is 35.5. The summed E-state index contributed by atoms with van der Waals surface area (Å²) in [6.45, 7) is 2.73. The summed E-state index contributed by atoms with van der Waals surface area (Å²) in [5.74, 6) is -0.135. The molecule has 1 saturated carbocycles. The number of amides is 1. The van der Waals surface area contributed by atoms with Crippen LogP contribution in [0.15, 0.2) is 54.7 Å². The molecule has 1 fully saturated rings. The van der Waals surface area contributed by atoms with Gasteiger partial charge in [-0.2, -0.15) is 5.10 Å². The standard InChI is InChI=1S/C24H26ClN3O/c1-17-5-8-19(9-6-17)24(12-3-2-4-13-24)16-26-23(29)20-15-18(7-10-21(20)25)22-11-14-27-28-22/h5-11,14-15H,2-4,12-13,16H2,1H3,(H,26,29)(H,27,28). The molecule has 0 aliphatic heterocycles. The second-order valence-electron chi connectivity index (χ2n) is 8.04. The first-order valence-electron chi connectivity index (χ1n) is 10.2. The van der Waals surface area contributed by atoms with Crippen molar-refractivity contribution in [1.82, 2.24) is 15.5 Å². The Morgan fingerprint density at radius 1 is 1.10 bits per heavy atom. The molecule has 0 unspecified atom stereocenters. The van der Waals surface area contributed by atoms with Gasteiger partial charge >= 0.3 is 0 Å². The summed E-state index contributed by atoms with van der Waals surface area (Å²) >= 11 is 6.35. The lowest BCUT2D eigenvalue weighted by molar-refractivity contribution is 0.0937. The summed E-state index contributed by atoms with van der Waals surface area (Å²) in [6, 6.07) is 16.1. The van der Waals surface area contributed by atoms with Gasteiger partial charge in [-0.3, -0.25) is 9.89 Å². The van der Waals surface area contributed by atoms with E-state index in [-0.39, 0.29) is 11.3 Å². The molecule has 1 aromatic heterocycles. The molecule has 2 N–H and O–H groups in total. The third-order valence-corrected chi connectivity index (χ3v) is 6.40. The number of carbonyl (C=O) groups is 1. The van der Waals surface area contributed by atoms with E-state index in [9.17, 15) is 4.79 Å². The number of nitrogens with one attached hydrogen (secondary N) is 2. The molecule has 3 aromatic rings. The molecule has 1 aliphatic carbocycles. The lowest BCUT2D eigenvalue weighted by atomic mass is 9.69. The van der Waals surface area contributed by atoms with Crippen LogP contribution in [0.1, 0.15) is 53.6 Å². The average molecular weight is 408 g/mol. The minimum absolute atomic E-state index is 0.00606. The number of benzene rings is 2. The van der Waals surface area contributed by atoms with Crippen molar-refractivity contribution in [2.75, 3.05) is 6.54 Å². The third-order valence-electron chi connectivity index (χ3n) is 6.07. The van der Waals surface area contributed by atoms with Crippen LogP contribution in [-0.4, -0.2) is 22.6 Å². The van der Waals surface area contributed by atoms with Crippen LogP contribution in [0.5, 0.6) is 0 Å². The predicted octanol–water partition coefficient (Wildman–Crippen LogP) is 5.67. The van der Waals surface area contributed by atoms with Crippen LogP contribution in [0, 0.1) is 6.92 Å².